The molecule has 0 saturated carbocycles. The Labute approximate surface area is 152 Å². The highest BCUT2D eigenvalue weighted by molar-refractivity contribution is 6.35. The van der Waals surface area contributed by atoms with E-state index in [-0.39, 0.29) is 6.04 Å². The molecule has 8 heteroatoms. The molecule has 0 spiro atoms. The van der Waals surface area contributed by atoms with Crippen molar-refractivity contribution in [3.05, 3.63) is 22.7 Å². The van der Waals surface area contributed by atoms with Gasteiger partial charge in [-0.25, -0.2) is 5.43 Å². The number of nitrogens with one attached hydrogen (secondary N) is 2. The highest BCUT2D eigenvalue weighted by atomic mass is 35.5. The van der Waals surface area contributed by atoms with E-state index in [2.05, 4.69) is 15.8 Å². The van der Waals surface area contributed by atoms with Crippen LogP contribution in [0.4, 0.5) is 0 Å². The quantitative estimate of drug-likeness (QED) is 0.418. The number of hydrogen-bond donors (Lipinski definition) is 2. The second kappa shape index (κ2) is 10.6. The van der Waals surface area contributed by atoms with E-state index < -0.39 is 11.8 Å². The molecule has 0 fully saturated rings. The van der Waals surface area contributed by atoms with Crippen LogP contribution in [0.5, 0.6) is 11.5 Å². The highest BCUT2D eigenvalue weighted by Crippen LogP contribution is 2.36. The van der Waals surface area contributed by atoms with Crippen LogP contribution >= 0.6 is 11.6 Å². The van der Waals surface area contributed by atoms with E-state index in [1.807, 2.05) is 20.8 Å². The monoisotopic (exact) mass is 369 g/mol. The number of benzene rings is 1. The van der Waals surface area contributed by atoms with Gasteiger partial charge < -0.3 is 14.8 Å². The number of nitrogens with zero attached hydrogens (tertiary/aromatic N) is 1. The normalized spacial score (nSPS) is 11.9. The van der Waals surface area contributed by atoms with E-state index in [0.29, 0.717) is 28.7 Å². The first kappa shape index (κ1) is 20.8. The minimum absolute atomic E-state index is 0.0824. The van der Waals surface area contributed by atoms with Crippen molar-refractivity contribution in [3.63, 3.8) is 0 Å². The number of carbonyl (C=O) groups excluding carboxylic acids is 2. The molecule has 1 aromatic carbocycles. The lowest BCUT2D eigenvalue weighted by Crippen LogP contribution is -2.41. The van der Waals surface area contributed by atoms with E-state index in [9.17, 15) is 9.59 Å². The van der Waals surface area contributed by atoms with Crippen LogP contribution in [0, 0.1) is 0 Å². The molecule has 0 aliphatic carbocycles. The SMILES string of the molecule is CCCOc1c(Cl)cc(/C=N\NC(=O)C(=O)N[C@@H](C)CC)cc1OC. The van der Waals surface area contributed by atoms with Crippen LogP contribution in [0.25, 0.3) is 0 Å². The zero-order valence-electron chi connectivity index (χ0n) is 14.9. The van der Waals surface area contributed by atoms with E-state index in [4.69, 9.17) is 21.1 Å². The first-order chi connectivity index (χ1) is 11.9. The molecule has 25 heavy (non-hydrogen) atoms. The van der Waals surface area contributed by atoms with Crippen molar-refractivity contribution in [1.29, 1.82) is 0 Å². The van der Waals surface area contributed by atoms with Crippen molar-refractivity contribution in [3.8, 4) is 11.5 Å². The lowest BCUT2D eigenvalue weighted by Gasteiger charge is -2.12. The van der Waals surface area contributed by atoms with Crippen LogP contribution in [0.2, 0.25) is 5.02 Å². The average Bonchev–Trinajstić information content (AvgIpc) is 2.59. The maximum atomic E-state index is 11.6. The van der Waals surface area contributed by atoms with E-state index in [1.54, 1.807) is 12.1 Å². The van der Waals surface area contributed by atoms with Gasteiger partial charge in [-0.1, -0.05) is 25.4 Å². The van der Waals surface area contributed by atoms with Gasteiger partial charge in [0.05, 0.1) is 25.0 Å². The Hall–Kier alpha value is -2.28. The molecule has 2 amide bonds. The summed E-state index contributed by atoms with van der Waals surface area (Å²) in [6.45, 7) is 6.23. The predicted octanol–water partition coefficient (Wildman–Crippen LogP) is 2.50. The Balaban J connectivity index is 2.76. The molecule has 0 bridgehead atoms. The fraction of sp³-hybridized carbons (Fsp3) is 0.471. The number of amides is 2. The number of ether oxygens (including phenoxy) is 2. The van der Waals surface area contributed by atoms with E-state index in [0.717, 1.165) is 12.8 Å². The molecule has 1 rings (SSSR count). The summed E-state index contributed by atoms with van der Waals surface area (Å²) < 4.78 is 10.8. The molecular formula is C17H24ClN3O4. The van der Waals surface area contributed by atoms with Gasteiger partial charge in [0.1, 0.15) is 0 Å². The van der Waals surface area contributed by atoms with Gasteiger partial charge in [-0.05, 0) is 37.5 Å². The van der Waals surface area contributed by atoms with Gasteiger partial charge in [0, 0.05) is 6.04 Å². The number of hydrazone groups is 1. The minimum Gasteiger partial charge on any atom is -0.493 e. The number of carbonyl (C=O) groups is 2. The molecule has 0 aliphatic rings. The maximum Gasteiger partial charge on any atom is 0.329 e. The van der Waals surface area contributed by atoms with Crippen LogP contribution in [0.15, 0.2) is 17.2 Å². The standard InChI is InChI=1S/C17H24ClN3O4/c1-5-7-25-15-13(18)8-12(9-14(15)24-4)10-19-21-17(23)16(22)20-11(3)6-2/h8-11H,5-7H2,1-4H3,(H,20,22)(H,21,23)/b19-10-/t11-/m0/s1. The largest absolute Gasteiger partial charge is 0.493 e. The Morgan fingerprint density at radius 2 is 2.04 bits per heavy atom. The molecule has 1 aromatic rings. The topological polar surface area (TPSA) is 89.0 Å². The smallest absolute Gasteiger partial charge is 0.329 e. The Morgan fingerprint density at radius 1 is 1.32 bits per heavy atom. The maximum absolute atomic E-state index is 11.6. The number of halogens is 1. The second-order valence-corrected chi connectivity index (χ2v) is 5.77. The lowest BCUT2D eigenvalue weighted by molar-refractivity contribution is -0.139. The zero-order chi connectivity index (χ0) is 18.8. The van der Waals surface area contributed by atoms with Crippen molar-refractivity contribution in [2.75, 3.05) is 13.7 Å². The minimum atomic E-state index is -0.836. The van der Waals surface area contributed by atoms with Crippen molar-refractivity contribution in [2.45, 2.75) is 39.7 Å². The van der Waals surface area contributed by atoms with Crippen molar-refractivity contribution in [2.24, 2.45) is 5.10 Å². The zero-order valence-corrected chi connectivity index (χ0v) is 15.6. The summed E-state index contributed by atoms with van der Waals surface area (Å²) in [6, 6.07) is 3.22. The van der Waals surface area contributed by atoms with Crippen LogP contribution < -0.4 is 20.2 Å². The van der Waals surface area contributed by atoms with Gasteiger partial charge in [-0.15, -0.1) is 0 Å². The molecule has 7 nitrogen and oxygen atoms in total. The third-order valence-corrected chi connectivity index (χ3v) is 3.56. The van der Waals surface area contributed by atoms with Gasteiger partial charge in [0.15, 0.2) is 11.5 Å². The van der Waals surface area contributed by atoms with Gasteiger partial charge in [0.2, 0.25) is 0 Å². The predicted molar refractivity (Wildman–Crippen MR) is 97.4 cm³/mol. The second-order valence-electron chi connectivity index (χ2n) is 5.36. The average molecular weight is 370 g/mol. The summed E-state index contributed by atoms with van der Waals surface area (Å²) in [5.74, 6) is -0.647. The van der Waals surface area contributed by atoms with Crippen molar-refractivity contribution < 1.29 is 19.1 Å². The fourth-order valence-electron chi connectivity index (χ4n) is 1.77. The molecule has 0 saturated heterocycles. The van der Waals surface area contributed by atoms with Crippen LogP contribution in [-0.4, -0.2) is 37.8 Å². The summed E-state index contributed by atoms with van der Waals surface area (Å²) in [7, 11) is 1.51. The molecular weight excluding hydrogens is 346 g/mol. The molecule has 1 atom stereocenters. The van der Waals surface area contributed by atoms with Gasteiger partial charge in [0.25, 0.3) is 0 Å². The first-order valence-corrected chi connectivity index (χ1v) is 8.44. The lowest BCUT2D eigenvalue weighted by atomic mass is 10.2. The fourth-order valence-corrected chi connectivity index (χ4v) is 2.04. The van der Waals surface area contributed by atoms with Crippen LogP contribution in [-0.2, 0) is 9.59 Å². The number of rotatable bonds is 8. The van der Waals surface area contributed by atoms with Crippen molar-refractivity contribution >= 4 is 29.6 Å². The Morgan fingerprint density at radius 3 is 2.64 bits per heavy atom. The first-order valence-electron chi connectivity index (χ1n) is 8.07. The molecule has 0 heterocycles. The summed E-state index contributed by atoms with van der Waals surface area (Å²) in [4.78, 5) is 23.2. The van der Waals surface area contributed by atoms with Gasteiger partial charge in [-0.3, -0.25) is 9.59 Å². The molecule has 138 valence electrons. The Kier molecular flexibility index (Phi) is 8.77. The molecule has 0 aromatic heterocycles. The number of hydrogen-bond acceptors (Lipinski definition) is 5. The van der Waals surface area contributed by atoms with Gasteiger partial charge >= 0.3 is 11.8 Å². The van der Waals surface area contributed by atoms with Crippen LogP contribution in [0.1, 0.15) is 39.2 Å². The summed E-state index contributed by atoms with van der Waals surface area (Å²) >= 11 is 6.20. The third-order valence-electron chi connectivity index (χ3n) is 3.28. The summed E-state index contributed by atoms with van der Waals surface area (Å²) in [5, 5.41) is 6.68. The van der Waals surface area contributed by atoms with Crippen molar-refractivity contribution in [1.82, 2.24) is 10.7 Å². The highest BCUT2D eigenvalue weighted by Gasteiger charge is 2.14. The van der Waals surface area contributed by atoms with E-state index >= 15 is 0 Å². The van der Waals surface area contributed by atoms with E-state index in [1.165, 1.54) is 13.3 Å². The number of methoxy groups -OCH3 is 1. The molecule has 0 radical (unpaired) electrons. The molecule has 0 aliphatic heterocycles. The van der Waals surface area contributed by atoms with Crippen LogP contribution in [0.3, 0.4) is 0 Å². The molecule has 2 N–H and O–H groups in total. The van der Waals surface area contributed by atoms with Gasteiger partial charge in [-0.2, -0.15) is 5.10 Å². The molecule has 0 unspecified atom stereocenters. The summed E-state index contributed by atoms with van der Waals surface area (Å²) in [6.07, 6.45) is 2.94. The summed E-state index contributed by atoms with van der Waals surface area (Å²) in [5.41, 5.74) is 2.76. The Bertz CT molecular complexity index is 635. The third kappa shape index (κ3) is 6.62.